The summed E-state index contributed by atoms with van der Waals surface area (Å²) in [4.78, 5) is 1.45. The van der Waals surface area contributed by atoms with E-state index < -0.39 is 5.79 Å². The van der Waals surface area contributed by atoms with Crippen LogP contribution in [0.1, 0.15) is 6.92 Å². The summed E-state index contributed by atoms with van der Waals surface area (Å²) in [6, 6.07) is 0. The van der Waals surface area contributed by atoms with Crippen LogP contribution in [0.4, 0.5) is 0 Å². The molecule has 11 heavy (non-hydrogen) atoms. The zero-order valence-electron chi connectivity index (χ0n) is 7.42. The molecule has 0 aromatic heterocycles. The van der Waals surface area contributed by atoms with Crippen molar-refractivity contribution < 1.29 is 9.47 Å². The van der Waals surface area contributed by atoms with E-state index in [9.17, 15) is 0 Å². The van der Waals surface area contributed by atoms with Crippen LogP contribution in [0.15, 0.2) is 0 Å². The van der Waals surface area contributed by atoms with Crippen molar-refractivity contribution in [3.63, 3.8) is 0 Å². The molecule has 0 bridgehead atoms. The van der Waals surface area contributed by atoms with Gasteiger partial charge < -0.3 is 14.4 Å². The molecule has 0 aliphatic rings. The highest BCUT2D eigenvalue weighted by Gasteiger charge is 2.24. The number of ether oxygens (including phenoxy) is 2. The van der Waals surface area contributed by atoms with Crippen molar-refractivity contribution in [2.75, 3.05) is 27.8 Å². The first-order valence-corrected chi connectivity index (χ1v) is 3.29. The minimum Gasteiger partial charge on any atom is -0.352 e. The summed E-state index contributed by atoms with van der Waals surface area (Å²) in [6.45, 7) is 2.21. The summed E-state index contributed by atoms with van der Waals surface area (Å²) in [7, 11) is 4.78. The number of nitriles is 1. The van der Waals surface area contributed by atoms with E-state index in [1.165, 1.54) is 4.90 Å². The normalized spacial score (nSPS) is 10.8. The maximum atomic E-state index is 8.45. The monoisotopic (exact) mass is 158 g/mol. The average Bonchev–Trinajstić information content (AvgIpc) is 2.04. The van der Waals surface area contributed by atoms with Crippen LogP contribution in [0.3, 0.4) is 0 Å². The number of rotatable bonds is 4. The maximum Gasteiger partial charge on any atom is 0.183 e. The number of likely N-dealkylation sites (N-methyl/N-ethyl adjacent to an activating group) is 1. The van der Waals surface area contributed by atoms with Crippen molar-refractivity contribution in [1.82, 2.24) is 4.90 Å². The molecule has 64 valence electrons. The van der Waals surface area contributed by atoms with E-state index in [4.69, 9.17) is 14.7 Å². The lowest BCUT2D eigenvalue weighted by molar-refractivity contribution is -0.197. The number of methoxy groups -OCH3 is 2. The van der Waals surface area contributed by atoms with Gasteiger partial charge in [0.2, 0.25) is 0 Å². The second-order valence-electron chi connectivity index (χ2n) is 2.50. The molecule has 0 unspecified atom stereocenters. The molecule has 4 nitrogen and oxygen atoms in total. The van der Waals surface area contributed by atoms with Crippen LogP contribution in [0.5, 0.6) is 0 Å². The van der Waals surface area contributed by atoms with Crippen LogP contribution in [0.2, 0.25) is 0 Å². The number of hydrogen-bond acceptors (Lipinski definition) is 4. The smallest absolute Gasteiger partial charge is 0.183 e. The molecular weight excluding hydrogens is 144 g/mol. The Kier molecular flexibility index (Phi) is 3.86. The third-order valence-electron chi connectivity index (χ3n) is 1.56. The Morgan fingerprint density at radius 3 is 2.18 bits per heavy atom. The molecule has 0 atom stereocenters. The van der Waals surface area contributed by atoms with Crippen LogP contribution in [-0.4, -0.2) is 38.5 Å². The minimum atomic E-state index is -0.690. The molecule has 0 spiro atoms. The SMILES string of the molecule is COC(C)(CN(C)C#N)OC. The van der Waals surface area contributed by atoms with Gasteiger partial charge in [0.05, 0.1) is 6.54 Å². The van der Waals surface area contributed by atoms with Gasteiger partial charge in [-0.15, -0.1) is 0 Å². The molecule has 0 aromatic carbocycles. The van der Waals surface area contributed by atoms with Crippen LogP contribution in [0, 0.1) is 11.5 Å². The standard InChI is InChI=1S/C7H14N2O2/c1-7(10-3,11-4)5-9(2)6-8/h5H2,1-4H3. The number of hydrogen-bond donors (Lipinski definition) is 0. The van der Waals surface area contributed by atoms with Gasteiger partial charge in [-0.3, -0.25) is 0 Å². The molecule has 0 saturated heterocycles. The average molecular weight is 158 g/mol. The molecule has 0 aliphatic heterocycles. The second-order valence-corrected chi connectivity index (χ2v) is 2.50. The van der Waals surface area contributed by atoms with Gasteiger partial charge in [0.25, 0.3) is 0 Å². The van der Waals surface area contributed by atoms with E-state index in [1.54, 1.807) is 28.2 Å². The Bertz CT molecular complexity index is 149. The third kappa shape index (κ3) is 3.21. The molecule has 0 radical (unpaired) electrons. The Balaban J connectivity index is 3.99. The molecular formula is C7H14N2O2. The molecule has 0 amide bonds. The fourth-order valence-corrected chi connectivity index (χ4v) is 0.679. The van der Waals surface area contributed by atoms with E-state index in [0.717, 1.165) is 0 Å². The highest BCUT2D eigenvalue weighted by Crippen LogP contribution is 2.10. The molecule has 0 aromatic rings. The van der Waals surface area contributed by atoms with Gasteiger partial charge in [0.1, 0.15) is 0 Å². The Morgan fingerprint density at radius 2 is 1.91 bits per heavy atom. The van der Waals surface area contributed by atoms with Crippen LogP contribution in [-0.2, 0) is 9.47 Å². The fraction of sp³-hybridized carbons (Fsp3) is 0.857. The first-order valence-electron chi connectivity index (χ1n) is 3.29. The summed E-state index contributed by atoms with van der Waals surface area (Å²) in [5, 5.41) is 8.45. The zero-order valence-corrected chi connectivity index (χ0v) is 7.42. The Labute approximate surface area is 67.3 Å². The molecule has 4 heteroatoms. The topological polar surface area (TPSA) is 45.5 Å². The van der Waals surface area contributed by atoms with Gasteiger partial charge in [-0.1, -0.05) is 0 Å². The van der Waals surface area contributed by atoms with Crippen molar-refractivity contribution in [2.45, 2.75) is 12.7 Å². The van der Waals surface area contributed by atoms with E-state index >= 15 is 0 Å². The van der Waals surface area contributed by atoms with Gasteiger partial charge in [-0.05, 0) is 6.92 Å². The van der Waals surface area contributed by atoms with Crippen LogP contribution in [0.25, 0.3) is 0 Å². The Hall–Kier alpha value is -0.790. The van der Waals surface area contributed by atoms with Crippen molar-refractivity contribution in [2.24, 2.45) is 0 Å². The van der Waals surface area contributed by atoms with E-state index in [-0.39, 0.29) is 0 Å². The van der Waals surface area contributed by atoms with Crippen LogP contribution < -0.4 is 0 Å². The lowest BCUT2D eigenvalue weighted by atomic mass is 10.3. The zero-order chi connectivity index (χ0) is 8.91. The summed E-state index contributed by atoms with van der Waals surface area (Å²) in [5.74, 6) is -0.690. The minimum absolute atomic E-state index is 0.427. The lowest BCUT2D eigenvalue weighted by Gasteiger charge is -2.28. The molecule has 0 rings (SSSR count). The molecule has 0 aliphatic carbocycles. The fourth-order valence-electron chi connectivity index (χ4n) is 0.679. The maximum absolute atomic E-state index is 8.45. The largest absolute Gasteiger partial charge is 0.352 e. The molecule has 0 fully saturated rings. The predicted molar refractivity (Wildman–Crippen MR) is 40.7 cm³/mol. The van der Waals surface area contributed by atoms with E-state index in [2.05, 4.69) is 0 Å². The highest BCUT2D eigenvalue weighted by molar-refractivity contribution is 4.75. The lowest BCUT2D eigenvalue weighted by Crippen LogP contribution is -2.40. The van der Waals surface area contributed by atoms with Gasteiger partial charge >= 0.3 is 0 Å². The Morgan fingerprint density at radius 1 is 1.45 bits per heavy atom. The molecule has 0 N–H and O–H groups in total. The summed E-state index contributed by atoms with van der Waals surface area (Å²) >= 11 is 0. The summed E-state index contributed by atoms with van der Waals surface area (Å²) < 4.78 is 10.1. The molecule has 0 saturated carbocycles. The third-order valence-corrected chi connectivity index (χ3v) is 1.56. The summed E-state index contributed by atoms with van der Waals surface area (Å²) in [6.07, 6.45) is 1.96. The first kappa shape index (κ1) is 10.2. The first-order chi connectivity index (χ1) is 5.08. The van der Waals surface area contributed by atoms with E-state index in [1.807, 2.05) is 6.19 Å². The highest BCUT2D eigenvalue weighted by atomic mass is 16.7. The van der Waals surface area contributed by atoms with Gasteiger partial charge in [0, 0.05) is 21.3 Å². The van der Waals surface area contributed by atoms with Gasteiger partial charge in [-0.25, -0.2) is 0 Å². The van der Waals surface area contributed by atoms with Crippen LogP contribution >= 0.6 is 0 Å². The number of nitrogens with zero attached hydrogens (tertiary/aromatic N) is 2. The van der Waals surface area contributed by atoms with Gasteiger partial charge in [-0.2, -0.15) is 5.26 Å². The van der Waals surface area contributed by atoms with Gasteiger partial charge in [0.15, 0.2) is 12.0 Å². The second kappa shape index (κ2) is 4.16. The van der Waals surface area contributed by atoms with Crippen molar-refractivity contribution >= 4 is 0 Å². The van der Waals surface area contributed by atoms with Crippen molar-refractivity contribution in [1.29, 1.82) is 5.26 Å². The van der Waals surface area contributed by atoms with Crippen molar-refractivity contribution in [3.05, 3.63) is 0 Å². The van der Waals surface area contributed by atoms with E-state index in [0.29, 0.717) is 6.54 Å². The molecule has 0 heterocycles. The quantitative estimate of drug-likeness (QED) is 0.337. The summed E-state index contributed by atoms with van der Waals surface area (Å²) in [5.41, 5.74) is 0. The van der Waals surface area contributed by atoms with Crippen molar-refractivity contribution in [3.8, 4) is 6.19 Å². The predicted octanol–water partition coefficient (Wildman–Crippen LogP) is 0.408.